The van der Waals surface area contributed by atoms with E-state index in [1.165, 1.54) is 0 Å². The molecule has 3 heteroatoms. The molecule has 2 nitrogen and oxygen atoms in total. The van der Waals surface area contributed by atoms with Crippen LogP contribution in [0.4, 0.5) is 4.39 Å². The van der Waals surface area contributed by atoms with Gasteiger partial charge >= 0.3 is 0 Å². The Morgan fingerprint density at radius 1 is 1.40 bits per heavy atom. The highest BCUT2D eigenvalue weighted by Gasteiger charge is 2.05. The number of pyridine rings is 1. The molecule has 1 N–H and O–H groups in total. The number of hydrogen-bond donors (Lipinski definition) is 1. The van der Waals surface area contributed by atoms with E-state index in [1.807, 2.05) is 19.1 Å². The molecule has 0 atom stereocenters. The molecule has 1 aromatic heterocycles. The first-order valence-electron chi connectivity index (χ1n) is 4.90. The third kappa shape index (κ3) is 1.83. The van der Waals surface area contributed by atoms with Gasteiger partial charge in [0.15, 0.2) is 0 Å². The van der Waals surface area contributed by atoms with Gasteiger partial charge in [0.1, 0.15) is 5.82 Å². The predicted octanol–water partition coefficient (Wildman–Crippen LogP) is 2.40. The summed E-state index contributed by atoms with van der Waals surface area (Å²) in [5.41, 5.74) is 1.55. The lowest BCUT2D eigenvalue weighted by molar-refractivity contribution is 0.603. The summed E-state index contributed by atoms with van der Waals surface area (Å²) in [5.74, 6) is -0.173. The average molecular weight is 204 g/mol. The summed E-state index contributed by atoms with van der Waals surface area (Å²) in [4.78, 5) is 4.14. The zero-order valence-corrected chi connectivity index (χ0v) is 8.84. The summed E-state index contributed by atoms with van der Waals surface area (Å²) in [5, 5.41) is 4.87. The molecule has 0 unspecified atom stereocenters. The summed E-state index contributed by atoms with van der Waals surface area (Å²) in [6.45, 7) is 2.43. The number of aryl methyl sites for hydroxylation is 1. The number of fused-ring (bicyclic) bond motifs is 1. The third-order valence-corrected chi connectivity index (χ3v) is 2.50. The van der Waals surface area contributed by atoms with Crippen LogP contribution in [0.1, 0.15) is 11.3 Å². The first-order valence-corrected chi connectivity index (χ1v) is 4.90. The molecular formula is C12H13FN2. The topological polar surface area (TPSA) is 24.9 Å². The summed E-state index contributed by atoms with van der Waals surface area (Å²) in [6, 6.07) is 5.33. The van der Waals surface area contributed by atoms with Gasteiger partial charge in [0, 0.05) is 29.4 Å². The van der Waals surface area contributed by atoms with Gasteiger partial charge in [-0.05, 0) is 37.6 Å². The first-order chi connectivity index (χ1) is 7.22. The summed E-state index contributed by atoms with van der Waals surface area (Å²) in [7, 11) is 1.81. The third-order valence-electron chi connectivity index (χ3n) is 2.50. The Labute approximate surface area is 88.1 Å². The maximum absolute atomic E-state index is 13.6. The average Bonchev–Trinajstić information content (AvgIpc) is 2.21. The molecule has 0 fully saturated rings. The number of halogens is 1. The molecular weight excluding hydrogens is 191 g/mol. The molecule has 0 amide bonds. The molecule has 1 aromatic carbocycles. The number of hydrogen-bond acceptors (Lipinski definition) is 2. The Kier molecular flexibility index (Phi) is 2.64. The Hall–Kier alpha value is -1.48. The van der Waals surface area contributed by atoms with E-state index in [0.717, 1.165) is 16.5 Å². The summed E-state index contributed by atoms with van der Waals surface area (Å²) < 4.78 is 13.6. The predicted molar refractivity (Wildman–Crippen MR) is 59.2 cm³/mol. The second kappa shape index (κ2) is 3.95. The summed E-state index contributed by atoms with van der Waals surface area (Å²) >= 11 is 0. The van der Waals surface area contributed by atoms with Crippen LogP contribution in [0, 0.1) is 12.7 Å². The highest BCUT2D eigenvalue weighted by atomic mass is 19.1. The van der Waals surface area contributed by atoms with Gasteiger partial charge in [-0.3, -0.25) is 4.98 Å². The minimum absolute atomic E-state index is 0.173. The maximum atomic E-state index is 13.6. The monoisotopic (exact) mass is 204 g/mol. The molecule has 2 rings (SSSR count). The minimum atomic E-state index is -0.173. The number of nitrogens with one attached hydrogen (secondary N) is 1. The lowest BCUT2D eigenvalue weighted by Crippen LogP contribution is -2.07. The van der Waals surface area contributed by atoms with Crippen molar-refractivity contribution in [3.63, 3.8) is 0 Å². The van der Waals surface area contributed by atoms with Crippen LogP contribution in [0.25, 0.3) is 10.8 Å². The van der Waals surface area contributed by atoms with Crippen molar-refractivity contribution in [2.45, 2.75) is 13.5 Å². The van der Waals surface area contributed by atoms with Gasteiger partial charge < -0.3 is 5.32 Å². The highest BCUT2D eigenvalue weighted by molar-refractivity contribution is 5.84. The molecule has 0 aliphatic carbocycles. The fourth-order valence-electron chi connectivity index (χ4n) is 1.71. The van der Waals surface area contributed by atoms with E-state index in [4.69, 9.17) is 0 Å². The zero-order chi connectivity index (χ0) is 10.8. The lowest BCUT2D eigenvalue weighted by atomic mass is 10.1. The number of benzene rings is 1. The molecule has 1 heterocycles. The Morgan fingerprint density at radius 3 is 2.93 bits per heavy atom. The molecule has 0 bridgehead atoms. The van der Waals surface area contributed by atoms with Crippen molar-refractivity contribution in [3.05, 3.63) is 41.5 Å². The minimum Gasteiger partial charge on any atom is -0.316 e. The van der Waals surface area contributed by atoms with Crippen molar-refractivity contribution in [2.24, 2.45) is 0 Å². The van der Waals surface area contributed by atoms with Crippen molar-refractivity contribution < 1.29 is 4.39 Å². The fraction of sp³-hybridized carbons (Fsp3) is 0.250. The van der Waals surface area contributed by atoms with Gasteiger partial charge in [0.2, 0.25) is 0 Å². The van der Waals surface area contributed by atoms with E-state index in [1.54, 1.807) is 19.3 Å². The second-order valence-corrected chi connectivity index (χ2v) is 3.59. The standard InChI is InChI=1S/C12H13FN2/c1-8-11-6-12(13)10(7-14-2)5-9(11)3-4-15-8/h3-6,14H,7H2,1-2H3. The van der Waals surface area contributed by atoms with E-state index < -0.39 is 0 Å². The zero-order valence-electron chi connectivity index (χ0n) is 8.84. The van der Waals surface area contributed by atoms with Crippen LogP contribution < -0.4 is 5.32 Å². The Morgan fingerprint density at radius 2 is 2.20 bits per heavy atom. The molecule has 78 valence electrons. The van der Waals surface area contributed by atoms with E-state index in [-0.39, 0.29) is 5.82 Å². The Balaban J connectivity index is 2.65. The Bertz CT molecular complexity index is 494. The van der Waals surface area contributed by atoms with Crippen LogP contribution in [0.2, 0.25) is 0 Å². The SMILES string of the molecule is CNCc1cc2ccnc(C)c2cc1F. The van der Waals surface area contributed by atoms with E-state index in [0.29, 0.717) is 12.1 Å². The van der Waals surface area contributed by atoms with Crippen LogP contribution in [0.15, 0.2) is 24.4 Å². The molecule has 0 saturated heterocycles. The van der Waals surface area contributed by atoms with Gasteiger partial charge in [0.25, 0.3) is 0 Å². The molecule has 15 heavy (non-hydrogen) atoms. The van der Waals surface area contributed by atoms with Crippen LogP contribution in [0.5, 0.6) is 0 Å². The van der Waals surface area contributed by atoms with Gasteiger partial charge in [-0.1, -0.05) is 0 Å². The van der Waals surface area contributed by atoms with Gasteiger partial charge in [-0.25, -0.2) is 4.39 Å². The number of aromatic nitrogens is 1. The van der Waals surface area contributed by atoms with Crippen LogP contribution in [-0.2, 0) is 6.54 Å². The molecule has 0 aliphatic heterocycles. The quantitative estimate of drug-likeness (QED) is 0.812. The smallest absolute Gasteiger partial charge is 0.128 e. The van der Waals surface area contributed by atoms with Crippen molar-refractivity contribution in [1.29, 1.82) is 0 Å². The second-order valence-electron chi connectivity index (χ2n) is 3.59. The van der Waals surface area contributed by atoms with Crippen LogP contribution in [-0.4, -0.2) is 12.0 Å². The van der Waals surface area contributed by atoms with E-state index in [2.05, 4.69) is 10.3 Å². The summed E-state index contributed by atoms with van der Waals surface area (Å²) in [6.07, 6.45) is 1.75. The van der Waals surface area contributed by atoms with Crippen LogP contribution >= 0.6 is 0 Å². The number of nitrogens with zero attached hydrogens (tertiary/aromatic N) is 1. The van der Waals surface area contributed by atoms with Crippen molar-refractivity contribution in [1.82, 2.24) is 10.3 Å². The highest BCUT2D eigenvalue weighted by Crippen LogP contribution is 2.20. The lowest BCUT2D eigenvalue weighted by Gasteiger charge is -2.06. The van der Waals surface area contributed by atoms with Gasteiger partial charge in [-0.2, -0.15) is 0 Å². The number of rotatable bonds is 2. The molecule has 0 aliphatic rings. The van der Waals surface area contributed by atoms with Crippen molar-refractivity contribution in [3.8, 4) is 0 Å². The fourth-order valence-corrected chi connectivity index (χ4v) is 1.71. The normalized spacial score (nSPS) is 10.9. The molecule has 0 saturated carbocycles. The molecule has 0 spiro atoms. The van der Waals surface area contributed by atoms with Crippen molar-refractivity contribution >= 4 is 10.8 Å². The molecule has 0 radical (unpaired) electrons. The maximum Gasteiger partial charge on any atom is 0.128 e. The first kappa shape index (κ1) is 10.1. The van der Waals surface area contributed by atoms with Crippen molar-refractivity contribution in [2.75, 3.05) is 7.05 Å². The van der Waals surface area contributed by atoms with Crippen LogP contribution in [0.3, 0.4) is 0 Å². The van der Waals surface area contributed by atoms with Gasteiger partial charge in [0.05, 0.1) is 0 Å². The van der Waals surface area contributed by atoms with E-state index in [9.17, 15) is 4.39 Å². The molecule has 2 aromatic rings. The van der Waals surface area contributed by atoms with E-state index >= 15 is 0 Å². The largest absolute Gasteiger partial charge is 0.316 e. The van der Waals surface area contributed by atoms with Gasteiger partial charge in [-0.15, -0.1) is 0 Å².